The minimum absolute atomic E-state index is 0.00564. The molecule has 0 spiro atoms. The SMILES string of the molecule is Cc1ccccc1N(CC(=O)N(Cc1ccccc1)[C@H](C)C(=O)NC(C)(C)C)S(=O)(=O)c1ccc(Cl)cc1. The monoisotopic (exact) mass is 555 g/mol. The van der Waals surface area contributed by atoms with Crippen LogP contribution in [0.1, 0.15) is 38.8 Å². The molecule has 0 unspecified atom stereocenters. The number of para-hydroxylation sites is 1. The van der Waals surface area contributed by atoms with Crippen molar-refractivity contribution in [2.24, 2.45) is 0 Å². The van der Waals surface area contributed by atoms with E-state index in [0.29, 0.717) is 16.3 Å². The van der Waals surface area contributed by atoms with Gasteiger partial charge >= 0.3 is 0 Å². The van der Waals surface area contributed by atoms with Crippen LogP contribution in [0.5, 0.6) is 0 Å². The molecule has 1 N–H and O–H groups in total. The van der Waals surface area contributed by atoms with Crippen LogP contribution in [0.2, 0.25) is 5.02 Å². The van der Waals surface area contributed by atoms with Gasteiger partial charge in [-0.3, -0.25) is 13.9 Å². The molecule has 0 saturated carbocycles. The molecule has 202 valence electrons. The van der Waals surface area contributed by atoms with Crippen LogP contribution in [0.15, 0.2) is 83.8 Å². The number of sulfonamides is 1. The molecular weight excluding hydrogens is 522 g/mol. The van der Waals surface area contributed by atoms with E-state index in [1.54, 1.807) is 38.1 Å². The molecule has 7 nitrogen and oxygen atoms in total. The van der Waals surface area contributed by atoms with E-state index in [2.05, 4.69) is 5.32 Å². The highest BCUT2D eigenvalue weighted by Crippen LogP contribution is 2.28. The van der Waals surface area contributed by atoms with Crippen LogP contribution in [0.3, 0.4) is 0 Å². The van der Waals surface area contributed by atoms with Gasteiger partial charge in [-0.2, -0.15) is 0 Å². The van der Waals surface area contributed by atoms with Crippen LogP contribution in [0, 0.1) is 6.92 Å². The van der Waals surface area contributed by atoms with Crippen molar-refractivity contribution >= 4 is 39.1 Å². The zero-order chi connectivity index (χ0) is 28.1. The molecule has 0 aliphatic heterocycles. The highest BCUT2D eigenvalue weighted by Gasteiger charge is 2.33. The van der Waals surface area contributed by atoms with Gasteiger partial charge in [0.25, 0.3) is 10.0 Å². The number of hydrogen-bond acceptors (Lipinski definition) is 4. The first-order valence-corrected chi connectivity index (χ1v) is 14.1. The minimum atomic E-state index is -4.14. The molecule has 2 amide bonds. The third-order valence-corrected chi connectivity index (χ3v) is 7.95. The molecule has 0 aromatic heterocycles. The number of halogens is 1. The lowest BCUT2D eigenvalue weighted by atomic mass is 10.1. The average Bonchev–Trinajstić information content (AvgIpc) is 2.85. The Hall–Kier alpha value is -3.36. The summed E-state index contributed by atoms with van der Waals surface area (Å²) in [5, 5.41) is 3.32. The number of amides is 2. The van der Waals surface area contributed by atoms with E-state index in [9.17, 15) is 18.0 Å². The number of benzene rings is 3. The van der Waals surface area contributed by atoms with Crippen LogP contribution in [-0.2, 0) is 26.2 Å². The van der Waals surface area contributed by atoms with Crippen molar-refractivity contribution in [2.45, 2.75) is 57.6 Å². The van der Waals surface area contributed by atoms with Gasteiger partial charge in [-0.15, -0.1) is 0 Å². The average molecular weight is 556 g/mol. The first-order chi connectivity index (χ1) is 17.8. The van der Waals surface area contributed by atoms with Gasteiger partial charge in [-0.1, -0.05) is 60.1 Å². The predicted molar refractivity (Wildman–Crippen MR) is 152 cm³/mol. The molecule has 0 aliphatic rings. The van der Waals surface area contributed by atoms with Gasteiger partial charge < -0.3 is 10.2 Å². The standard InChI is InChI=1S/C29H34ClN3O4S/c1-21-11-9-10-14-26(21)33(38(36,37)25-17-15-24(30)16-18-25)20-27(34)32(19-23-12-7-6-8-13-23)22(2)28(35)31-29(3,4)5/h6-18,22H,19-20H2,1-5H3,(H,31,35)/t22-/m1/s1. The fourth-order valence-corrected chi connectivity index (χ4v) is 5.53. The number of nitrogens with zero attached hydrogens (tertiary/aromatic N) is 2. The first kappa shape index (κ1) is 29.2. The van der Waals surface area contributed by atoms with Crippen molar-refractivity contribution in [3.8, 4) is 0 Å². The number of carbonyl (C=O) groups is 2. The van der Waals surface area contributed by atoms with Crippen molar-refractivity contribution in [3.05, 3.63) is 95.0 Å². The fourth-order valence-electron chi connectivity index (χ4n) is 3.93. The second kappa shape index (κ2) is 12.0. The van der Waals surface area contributed by atoms with Gasteiger partial charge in [-0.25, -0.2) is 8.42 Å². The van der Waals surface area contributed by atoms with Crippen LogP contribution >= 0.6 is 11.6 Å². The van der Waals surface area contributed by atoms with Gasteiger partial charge in [0.15, 0.2) is 0 Å². The molecule has 3 rings (SSSR count). The summed E-state index contributed by atoms with van der Waals surface area (Å²) < 4.78 is 28.8. The lowest BCUT2D eigenvalue weighted by Crippen LogP contribution is -2.54. The van der Waals surface area contributed by atoms with Gasteiger partial charge in [0.2, 0.25) is 11.8 Å². The second-order valence-electron chi connectivity index (χ2n) is 10.2. The Bertz CT molecular complexity index is 1370. The molecule has 0 fully saturated rings. The Morgan fingerprint density at radius 1 is 0.921 bits per heavy atom. The molecule has 1 atom stereocenters. The first-order valence-electron chi connectivity index (χ1n) is 12.3. The summed E-state index contributed by atoms with van der Waals surface area (Å²) in [5.74, 6) is -0.837. The van der Waals surface area contributed by atoms with Crippen LogP contribution in [-0.4, -0.2) is 43.3 Å². The summed E-state index contributed by atoms with van der Waals surface area (Å²) in [5.41, 5.74) is 1.38. The van der Waals surface area contributed by atoms with Crippen molar-refractivity contribution in [3.63, 3.8) is 0 Å². The third kappa shape index (κ3) is 7.36. The lowest BCUT2D eigenvalue weighted by molar-refractivity contribution is -0.140. The topological polar surface area (TPSA) is 86.8 Å². The summed E-state index contributed by atoms with van der Waals surface area (Å²) in [6.07, 6.45) is 0. The Kier molecular flexibility index (Phi) is 9.22. The smallest absolute Gasteiger partial charge is 0.264 e. The number of aryl methyl sites for hydroxylation is 1. The van der Waals surface area contributed by atoms with Crippen LogP contribution in [0.25, 0.3) is 0 Å². The van der Waals surface area contributed by atoms with E-state index in [4.69, 9.17) is 11.6 Å². The molecule has 38 heavy (non-hydrogen) atoms. The molecule has 3 aromatic rings. The van der Waals surface area contributed by atoms with Gasteiger partial charge in [-0.05, 0) is 76.1 Å². The molecule has 3 aromatic carbocycles. The van der Waals surface area contributed by atoms with Crippen LogP contribution < -0.4 is 9.62 Å². The van der Waals surface area contributed by atoms with E-state index < -0.39 is 34.1 Å². The molecule has 0 bridgehead atoms. The normalized spacial score (nSPS) is 12.5. The molecule has 0 saturated heterocycles. The number of rotatable bonds is 9. The Balaban J connectivity index is 2.04. The predicted octanol–water partition coefficient (Wildman–Crippen LogP) is 5.18. The Morgan fingerprint density at radius 3 is 2.08 bits per heavy atom. The summed E-state index contributed by atoms with van der Waals surface area (Å²) >= 11 is 5.99. The maximum absolute atomic E-state index is 13.9. The van der Waals surface area contributed by atoms with E-state index >= 15 is 0 Å². The maximum atomic E-state index is 13.9. The Morgan fingerprint density at radius 2 is 1.50 bits per heavy atom. The number of hydrogen-bond donors (Lipinski definition) is 1. The lowest BCUT2D eigenvalue weighted by Gasteiger charge is -2.33. The summed E-state index contributed by atoms with van der Waals surface area (Å²) in [6.45, 7) is 8.66. The van der Waals surface area contributed by atoms with Crippen molar-refractivity contribution < 1.29 is 18.0 Å². The number of carbonyl (C=O) groups excluding carboxylic acids is 2. The fraction of sp³-hybridized carbons (Fsp3) is 0.310. The third-order valence-electron chi connectivity index (χ3n) is 5.93. The maximum Gasteiger partial charge on any atom is 0.264 e. The zero-order valence-electron chi connectivity index (χ0n) is 22.3. The van der Waals surface area contributed by atoms with Gasteiger partial charge in [0.1, 0.15) is 12.6 Å². The second-order valence-corrected chi connectivity index (χ2v) is 12.5. The molecular formula is C29H34ClN3O4S. The number of anilines is 1. The molecule has 0 radical (unpaired) electrons. The van der Waals surface area contributed by atoms with Crippen molar-refractivity contribution in [1.82, 2.24) is 10.2 Å². The number of nitrogens with one attached hydrogen (secondary N) is 1. The Labute approximate surface area is 230 Å². The van der Waals surface area contributed by atoms with Crippen molar-refractivity contribution in [1.29, 1.82) is 0 Å². The quantitative estimate of drug-likeness (QED) is 0.394. The zero-order valence-corrected chi connectivity index (χ0v) is 23.9. The van der Waals surface area contributed by atoms with E-state index in [0.717, 1.165) is 9.87 Å². The summed E-state index contributed by atoms with van der Waals surface area (Å²) in [4.78, 5) is 28.4. The highest BCUT2D eigenvalue weighted by atomic mass is 35.5. The van der Waals surface area contributed by atoms with E-state index in [1.165, 1.54) is 29.2 Å². The van der Waals surface area contributed by atoms with Gasteiger partial charge in [0, 0.05) is 17.1 Å². The van der Waals surface area contributed by atoms with Crippen LogP contribution in [0.4, 0.5) is 5.69 Å². The molecule has 0 aliphatic carbocycles. The largest absolute Gasteiger partial charge is 0.350 e. The van der Waals surface area contributed by atoms with Gasteiger partial charge in [0.05, 0.1) is 10.6 Å². The van der Waals surface area contributed by atoms with E-state index in [1.807, 2.05) is 51.1 Å². The highest BCUT2D eigenvalue weighted by molar-refractivity contribution is 7.92. The molecule has 9 heteroatoms. The minimum Gasteiger partial charge on any atom is -0.350 e. The summed E-state index contributed by atoms with van der Waals surface area (Å²) in [6, 6.07) is 21.2. The van der Waals surface area contributed by atoms with Crippen molar-refractivity contribution in [2.75, 3.05) is 10.8 Å². The summed E-state index contributed by atoms with van der Waals surface area (Å²) in [7, 11) is -4.14. The van der Waals surface area contributed by atoms with E-state index in [-0.39, 0.29) is 17.3 Å². The molecule has 0 heterocycles.